The molecular weight excluding hydrogens is 443 g/mol. The van der Waals surface area contributed by atoms with Crippen molar-refractivity contribution in [2.24, 2.45) is 5.92 Å². The fourth-order valence-corrected chi connectivity index (χ4v) is 5.00. The van der Waals surface area contributed by atoms with Crippen molar-refractivity contribution < 1.29 is 23.1 Å². The van der Waals surface area contributed by atoms with Gasteiger partial charge in [-0.3, -0.25) is 9.59 Å². The SMILES string of the molecule is CC(C)CN(CC(=O)N1CCc2sccc2[C@H]1COc1ccccc1F)C(=O)c1ccco1. The predicted octanol–water partition coefficient (Wildman–Crippen LogP) is 4.78. The summed E-state index contributed by atoms with van der Waals surface area (Å²) >= 11 is 1.65. The highest BCUT2D eigenvalue weighted by Gasteiger charge is 2.34. The van der Waals surface area contributed by atoms with Crippen LogP contribution in [0.3, 0.4) is 0 Å². The lowest BCUT2D eigenvalue weighted by Gasteiger charge is -2.37. The van der Waals surface area contributed by atoms with Crippen LogP contribution in [0.4, 0.5) is 4.39 Å². The maximum atomic E-state index is 14.1. The van der Waals surface area contributed by atoms with Gasteiger partial charge in [0.2, 0.25) is 5.91 Å². The average Bonchev–Trinajstić information content (AvgIpc) is 3.49. The second-order valence-electron chi connectivity index (χ2n) is 8.45. The van der Waals surface area contributed by atoms with E-state index in [1.54, 1.807) is 46.6 Å². The first kappa shape index (κ1) is 23.0. The number of ether oxygens (including phenoxy) is 1. The van der Waals surface area contributed by atoms with Crippen LogP contribution in [0.2, 0.25) is 0 Å². The van der Waals surface area contributed by atoms with Crippen LogP contribution in [0.15, 0.2) is 58.5 Å². The first-order valence-corrected chi connectivity index (χ1v) is 11.9. The van der Waals surface area contributed by atoms with Gasteiger partial charge >= 0.3 is 0 Å². The minimum Gasteiger partial charge on any atom is -0.488 e. The lowest BCUT2D eigenvalue weighted by molar-refractivity contribution is -0.135. The lowest BCUT2D eigenvalue weighted by atomic mass is 10.00. The molecule has 174 valence electrons. The molecule has 0 aliphatic carbocycles. The van der Waals surface area contributed by atoms with Crippen LogP contribution in [0.5, 0.6) is 5.75 Å². The molecule has 0 spiro atoms. The Balaban J connectivity index is 1.53. The number of hydrogen-bond acceptors (Lipinski definition) is 5. The molecule has 2 amide bonds. The second-order valence-corrected chi connectivity index (χ2v) is 9.45. The molecule has 6 nitrogen and oxygen atoms in total. The normalized spacial score (nSPS) is 15.4. The summed E-state index contributed by atoms with van der Waals surface area (Å²) in [6.45, 7) is 5.01. The van der Waals surface area contributed by atoms with Crippen molar-refractivity contribution >= 4 is 23.2 Å². The van der Waals surface area contributed by atoms with Crippen LogP contribution in [0.1, 0.15) is 40.9 Å². The third kappa shape index (κ3) is 5.27. The first-order valence-electron chi connectivity index (χ1n) is 11.0. The number of carbonyl (C=O) groups is 2. The smallest absolute Gasteiger partial charge is 0.290 e. The number of thiophene rings is 1. The van der Waals surface area contributed by atoms with Crippen LogP contribution in [0, 0.1) is 11.7 Å². The van der Waals surface area contributed by atoms with Gasteiger partial charge in [-0.15, -0.1) is 11.3 Å². The van der Waals surface area contributed by atoms with Gasteiger partial charge in [-0.05, 0) is 53.6 Å². The summed E-state index contributed by atoms with van der Waals surface area (Å²) in [5, 5.41) is 2.00. The van der Waals surface area contributed by atoms with E-state index in [9.17, 15) is 14.0 Å². The molecule has 33 heavy (non-hydrogen) atoms. The molecule has 4 rings (SSSR count). The summed E-state index contributed by atoms with van der Waals surface area (Å²) < 4.78 is 25.2. The standard InChI is InChI=1S/C25H27FN2O4S/c1-17(2)14-27(25(30)22-8-5-12-31-22)15-24(29)28-11-9-23-18(10-13-33-23)20(28)16-32-21-7-4-3-6-19(21)26/h3-8,10,12-13,17,20H,9,11,14-16H2,1-2H3/t20-/m1/s1. The maximum absolute atomic E-state index is 14.1. The minimum absolute atomic E-state index is 0.0621. The Morgan fingerprint density at radius 3 is 2.79 bits per heavy atom. The number of nitrogens with zero attached hydrogens (tertiary/aromatic N) is 2. The zero-order valence-electron chi connectivity index (χ0n) is 18.7. The number of benzene rings is 1. The predicted molar refractivity (Wildman–Crippen MR) is 124 cm³/mol. The van der Waals surface area contributed by atoms with Gasteiger partial charge in [0.15, 0.2) is 17.3 Å². The van der Waals surface area contributed by atoms with E-state index in [0.29, 0.717) is 13.1 Å². The fourth-order valence-electron chi connectivity index (χ4n) is 4.08. The van der Waals surface area contributed by atoms with Crippen molar-refractivity contribution in [3.8, 4) is 5.75 Å². The topological polar surface area (TPSA) is 63.0 Å². The lowest BCUT2D eigenvalue weighted by Crippen LogP contribution is -2.48. The van der Waals surface area contributed by atoms with E-state index in [-0.39, 0.29) is 48.4 Å². The van der Waals surface area contributed by atoms with Crippen LogP contribution >= 0.6 is 11.3 Å². The largest absolute Gasteiger partial charge is 0.488 e. The number of amides is 2. The van der Waals surface area contributed by atoms with Gasteiger partial charge in [-0.25, -0.2) is 4.39 Å². The number of para-hydroxylation sites is 1. The van der Waals surface area contributed by atoms with Gasteiger partial charge in [0.25, 0.3) is 5.91 Å². The summed E-state index contributed by atoms with van der Waals surface area (Å²) in [6.07, 6.45) is 2.19. The number of halogens is 1. The van der Waals surface area contributed by atoms with Gasteiger partial charge in [-0.1, -0.05) is 26.0 Å². The Bertz CT molecular complexity index is 1100. The maximum Gasteiger partial charge on any atom is 0.290 e. The molecule has 0 saturated carbocycles. The Morgan fingerprint density at radius 1 is 1.24 bits per heavy atom. The molecule has 1 atom stereocenters. The average molecular weight is 471 g/mol. The molecule has 0 unspecified atom stereocenters. The molecule has 0 fully saturated rings. The summed E-state index contributed by atoms with van der Waals surface area (Å²) in [4.78, 5) is 30.9. The zero-order chi connectivity index (χ0) is 23.4. The second kappa shape index (κ2) is 10.2. The number of fused-ring (bicyclic) bond motifs is 1. The monoisotopic (exact) mass is 470 g/mol. The van der Waals surface area contributed by atoms with Crippen molar-refractivity contribution in [1.29, 1.82) is 0 Å². The molecule has 0 radical (unpaired) electrons. The Kier molecular flexibility index (Phi) is 7.13. The van der Waals surface area contributed by atoms with E-state index in [4.69, 9.17) is 9.15 Å². The van der Waals surface area contributed by atoms with Crippen molar-refractivity contribution in [2.75, 3.05) is 26.2 Å². The van der Waals surface area contributed by atoms with E-state index < -0.39 is 5.82 Å². The summed E-state index contributed by atoms with van der Waals surface area (Å²) in [6, 6.07) is 11.1. The molecule has 1 aliphatic heterocycles. The Labute approximate surface area is 196 Å². The highest BCUT2D eigenvalue weighted by Crippen LogP contribution is 2.34. The third-order valence-electron chi connectivity index (χ3n) is 5.58. The number of carbonyl (C=O) groups excluding carboxylic acids is 2. The van der Waals surface area contributed by atoms with E-state index >= 15 is 0 Å². The molecule has 8 heteroatoms. The van der Waals surface area contributed by atoms with E-state index in [0.717, 1.165) is 12.0 Å². The van der Waals surface area contributed by atoms with Gasteiger partial charge < -0.3 is 19.0 Å². The highest BCUT2D eigenvalue weighted by molar-refractivity contribution is 7.10. The molecule has 0 N–H and O–H groups in total. The van der Waals surface area contributed by atoms with Crippen LogP contribution in [-0.4, -0.2) is 47.9 Å². The van der Waals surface area contributed by atoms with Crippen molar-refractivity contribution in [3.63, 3.8) is 0 Å². The van der Waals surface area contributed by atoms with E-state index in [1.807, 2.05) is 25.3 Å². The zero-order valence-corrected chi connectivity index (χ0v) is 19.5. The summed E-state index contributed by atoms with van der Waals surface area (Å²) in [7, 11) is 0. The van der Waals surface area contributed by atoms with Crippen molar-refractivity contribution in [2.45, 2.75) is 26.3 Å². The molecule has 1 aliphatic rings. The number of rotatable bonds is 8. The molecule has 2 aromatic heterocycles. The van der Waals surface area contributed by atoms with Gasteiger partial charge in [0.1, 0.15) is 13.2 Å². The number of hydrogen-bond donors (Lipinski definition) is 0. The first-order chi connectivity index (χ1) is 15.9. The number of furan rings is 1. The quantitative estimate of drug-likeness (QED) is 0.475. The van der Waals surface area contributed by atoms with Gasteiger partial charge in [0, 0.05) is 18.0 Å². The minimum atomic E-state index is -0.441. The molecule has 3 heterocycles. The van der Waals surface area contributed by atoms with Crippen LogP contribution in [-0.2, 0) is 11.2 Å². The Morgan fingerprint density at radius 2 is 2.06 bits per heavy atom. The van der Waals surface area contributed by atoms with Crippen LogP contribution < -0.4 is 4.74 Å². The molecule has 0 saturated heterocycles. The van der Waals surface area contributed by atoms with Gasteiger partial charge in [0.05, 0.1) is 12.3 Å². The van der Waals surface area contributed by atoms with Crippen molar-refractivity contribution in [3.05, 3.63) is 76.1 Å². The van der Waals surface area contributed by atoms with E-state index in [2.05, 4.69) is 0 Å². The summed E-state index contributed by atoms with van der Waals surface area (Å²) in [5.74, 6) is -0.377. The third-order valence-corrected chi connectivity index (χ3v) is 6.58. The van der Waals surface area contributed by atoms with Gasteiger partial charge in [-0.2, -0.15) is 0 Å². The van der Waals surface area contributed by atoms with E-state index in [1.165, 1.54) is 22.1 Å². The molecule has 0 bridgehead atoms. The summed E-state index contributed by atoms with van der Waals surface area (Å²) in [5.41, 5.74) is 1.02. The Hall–Kier alpha value is -3.13. The fraction of sp³-hybridized carbons (Fsp3) is 0.360. The molecule has 3 aromatic rings. The molecule has 1 aromatic carbocycles. The van der Waals surface area contributed by atoms with Crippen LogP contribution in [0.25, 0.3) is 0 Å². The molecular formula is C25H27FN2O4S. The highest BCUT2D eigenvalue weighted by atomic mass is 32.1. The van der Waals surface area contributed by atoms with Crippen molar-refractivity contribution in [1.82, 2.24) is 9.80 Å².